The highest BCUT2D eigenvalue weighted by Crippen LogP contribution is 2.40. The van der Waals surface area contributed by atoms with Gasteiger partial charge >= 0.3 is 5.97 Å². The average molecular weight is 256 g/mol. The fraction of sp³-hybridized carbons (Fsp3) is 0.923. The van der Waals surface area contributed by atoms with Crippen LogP contribution in [0, 0.1) is 5.92 Å². The lowest BCUT2D eigenvalue weighted by Gasteiger charge is -2.41. The molecule has 0 aromatic heterocycles. The Hall–Kier alpha value is -0.650. The normalized spacial score (nSPS) is 31.7. The van der Waals surface area contributed by atoms with Crippen LogP contribution in [-0.4, -0.2) is 55.4 Å². The second-order valence-electron chi connectivity index (χ2n) is 5.20. The van der Waals surface area contributed by atoms with Crippen molar-refractivity contribution in [2.24, 2.45) is 11.7 Å². The van der Waals surface area contributed by atoms with Crippen molar-refractivity contribution in [3.63, 3.8) is 0 Å². The maximum Gasteiger partial charge on any atom is 0.313 e. The lowest BCUT2D eigenvalue weighted by atomic mass is 9.78. The van der Waals surface area contributed by atoms with E-state index in [1.165, 1.54) is 0 Å². The number of hydrogen-bond acceptors (Lipinski definition) is 5. The first-order chi connectivity index (χ1) is 8.63. The highest BCUT2D eigenvalue weighted by molar-refractivity contribution is 5.75. The molecule has 2 atom stereocenters. The van der Waals surface area contributed by atoms with Crippen molar-refractivity contribution in [3.05, 3.63) is 0 Å². The Labute approximate surface area is 109 Å². The first kappa shape index (κ1) is 13.8. The highest BCUT2D eigenvalue weighted by atomic mass is 16.5. The first-order valence-electron chi connectivity index (χ1n) is 6.91. The summed E-state index contributed by atoms with van der Waals surface area (Å²) < 4.78 is 11.1. The monoisotopic (exact) mass is 256 g/mol. The SMILES string of the molecule is CCOC(=O)C1C(N)COC12CCN(CC)CC2. The molecule has 0 radical (unpaired) electrons. The topological polar surface area (TPSA) is 64.8 Å². The number of carbonyl (C=O) groups is 1. The van der Waals surface area contributed by atoms with Gasteiger partial charge < -0.3 is 20.1 Å². The molecule has 0 bridgehead atoms. The average Bonchev–Trinajstić information content (AvgIpc) is 2.68. The van der Waals surface area contributed by atoms with Crippen LogP contribution in [0.15, 0.2) is 0 Å². The van der Waals surface area contributed by atoms with E-state index in [0.29, 0.717) is 13.2 Å². The van der Waals surface area contributed by atoms with Crippen molar-refractivity contribution < 1.29 is 14.3 Å². The minimum atomic E-state index is -0.378. The predicted octanol–water partition coefficient (Wildman–Crippen LogP) is 0.378. The predicted molar refractivity (Wildman–Crippen MR) is 68.1 cm³/mol. The summed E-state index contributed by atoms with van der Waals surface area (Å²) in [6.07, 6.45) is 1.75. The largest absolute Gasteiger partial charge is 0.466 e. The Balaban J connectivity index is 2.09. The third kappa shape index (κ3) is 2.39. The van der Waals surface area contributed by atoms with Crippen LogP contribution in [0.3, 0.4) is 0 Å². The third-order valence-corrected chi connectivity index (χ3v) is 4.25. The number of hydrogen-bond donors (Lipinski definition) is 1. The molecular formula is C13H24N2O3. The van der Waals surface area contributed by atoms with Gasteiger partial charge in [0.15, 0.2) is 0 Å². The maximum absolute atomic E-state index is 12.1. The molecule has 2 saturated heterocycles. The molecular weight excluding hydrogens is 232 g/mol. The van der Waals surface area contributed by atoms with Crippen LogP contribution in [0.1, 0.15) is 26.7 Å². The molecule has 5 nitrogen and oxygen atoms in total. The Morgan fingerprint density at radius 2 is 2.11 bits per heavy atom. The van der Waals surface area contributed by atoms with Gasteiger partial charge in [0.2, 0.25) is 0 Å². The second-order valence-corrected chi connectivity index (χ2v) is 5.20. The molecule has 0 saturated carbocycles. The standard InChI is InChI=1S/C13H24N2O3/c1-3-15-7-5-13(6-8-15)11(10(14)9-18-13)12(16)17-4-2/h10-11H,3-9,14H2,1-2H3. The van der Waals surface area contributed by atoms with Crippen LogP contribution in [-0.2, 0) is 14.3 Å². The molecule has 0 aliphatic carbocycles. The maximum atomic E-state index is 12.1. The van der Waals surface area contributed by atoms with E-state index >= 15 is 0 Å². The number of nitrogens with zero attached hydrogens (tertiary/aromatic N) is 1. The number of nitrogens with two attached hydrogens (primary N) is 1. The van der Waals surface area contributed by atoms with Gasteiger partial charge in [-0.15, -0.1) is 0 Å². The van der Waals surface area contributed by atoms with Gasteiger partial charge in [-0.3, -0.25) is 4.79 Å². The summed E-state index contributed by atoms with van der Waals surface area (Å²) in [5, 5.41) is 0. The van der Waals surface area contributed by atoms with Crippen molar-refractivity contribution in [2.45, 2.75) is 38.3 Å². The minimum Gasteiger partial charge on any atom is -0.466 e. The molecule has 5 heteroatoms. The molecule has 2 rings (SSSR count). The number of esters is 1. The first-order valence-corrected chi connectivity index (χ1v) is 6.91. The van der Waals surface area contributed by atoms with Crippen molar-refractivity contribution in [2.75, 3.05) is 32.8 Å². The number of ether oxygens (including phenoxy) is 2. The zero-order chi connectivity index (χ0) is 13.2. The fourth-order valence-corrected chi connectivity index (χ4v) is 3.16. The van der Waals surface area contributed by atoms with E-state index in [4.69, 9.17) is 15.2 Å². The van der Waals surface area contributed by atoms with E-state index in [1.54, 1.807) is 0 Å². The Kier molecular flexibility index (Phi) is 4.25. The number of rotatable bonds is 3. The number of likely N-dealkylation sites (tertiary alicyclic amines) is 1. The van der Waals surface area contributed by atoms with Crippen LogP contribution in [0.5, 0.6) is 0 Å². The zero-order valence-corrected chi connectivity index (χ0v) is 11.4. The van der Waals surface area contributed by atoms with E-state index in [0.717, 1.165) is 32.5 Å². The molecule has 18 heavy (non-hydrogen) atoms. The van der Waals surface area contributed by atoms with Gasteiger partial charge in [0.25, 0.3) is 0 Å². The lowest BCUT2D eigenvalue weighted by molar-refractivity contribution is -0.158. The fourth-order valence-electron chi connectivity index (χ4n) is 3.16. The molecule has 2 fully saturated rings. The van der Waals surface area contributed by atoms with E-state index < -0.39 is 0 Å². The lowest BCUT2D eigenvalue weighted by Crippen LogP contribution is -2.52. The molecule has 0 aromatic rings. The molecule has 2 aliphatic rings. The molecule has 1 spiro atoms. The summed E-state index contributed by atoms with van der Waals surface area (Å²) in [4.78, 5) is 14.5. The number of carbonyl (C=O) groups excluding carboxylic acids is 1. The summed E-state index contributed by atoms with van der Waals surface area (Å²) in [7, 11) is 0. The summed E-state index contributed by atoms with van der Waals surface area (Å²) in [6.45, 7) is 7.84. The Morgan fingerprint density at radius 1 is 1.44 bits per heavy atom. The van der Waals surface area contributed by atoms with Gasteiger partial charge in [0.05, 0.1) is 18.8 Å². The summed E-state index contributed by atoms with van der Waals surface area (Å²) in [5.41, 5.74) is 5.67. The molecule has 2 unspecified atom stereocenters. The van der Waals surface area contributed by atoms with Crippen LogP contribution in [0.4, 0.5) is 0 Å². The van der Waals surface area contributed by atoms with Crippen LogP contribution < -0.4 is 5.73 Å². The molecule has 0 aromatic carbocycles. The van der Waals surface area contributed by atoms with Crippen molar-refractivity contribution in [1.82, 2.24) is 4.90 Å². The van der Waals surface area contributed by atoms with Gasteiger partial charge in [-0.2, -0.15) is 0 Å². The summed E-state index contributed by atoms with van der Waals surface area (Å²) in [5.74, 6) is -0.482. The number of piperidine rings is 1. The van der Waals surface area contributed by atoms with Gasteiger partial charge in [0.1, 0.15) is 5.92 Å². The highest BCUT2D eigenvalue weighted by Gasteiger charge is 2.54. The van der Waals surface area contributed by atoms with E-state index in [-0.39, 0.29) is 23.5 Å². The third-order valence-electron chi connectivity index (χ3n) is 4.25. The second kappa shape index (κ2) is 5.55. The van der Waals surface area contributed by atoms with Gasteiger partial charge in [-0.25, -0.2) is 0 Å². The molecule has 2 N–H and O–H groups in total. The summed E-state index contributed by atoms with van der Waals surface area (Å²) in [6, 6.07) is -0.225. The Bertz CT molecular complexity index is 301. The van der Waals surface area contributed by atoms with Gasteiger partial charge in [-0.1, -0.05) is 6.92 Å². The molecule has 104 valence electrons. The van der Waals surface area contributed by atoms with Crippen molar-refractivity contribution in [1.29, 1.82) is 0 Å². The molecule has 0 amide bonds. The summed E-state index contributed by atoms with van der Waals surface area (Å²) >= 11 is 0. The molecule has 2 aliphatic heterocycles. The van der Waals surface area contributed by atoms with Gasteiger partial charge in [0, 0.05) is 19.1 Å². The smallest absolute Gasteiger partial charge is 0.313 e. The molecule has 2 heterocycles. The Morgan fingerprint density at radius 3 is 2.67 bits per heavy atom. The van der Waals surface area contributed by atoms with Crippen LogP contribution in [0.2, 0.25) is 0 Å². The van der Waals surface area contributed by atoms with Crippen molar-refractivity contribution in [3.8, 4) is 0 Å². The van der Waals surface area contributed by atoms with Crippen molar-refractivity contribution >= 4 is 5.97 Å². The van der Waals surface area contributed by atoms with Crippen LogP contribution in [0.25, 0.3) is 0 Å². The van der Waals surface area contributed by atoms with E-state index in [2.05, 4.69) is 11.8 Å². The van der Waals surface area contributed by atoms with Gasteiger partial charge in [-0.05, 0) is 26.3 Å². The quantitative estimate of drug-likeness (QED) is 0.739. The van der Waals surface area contributed by atoms with E-state index in [9.17, 15) is 4.79 Å². The zero-order valence-electron chi connectivity index (χ0n) is 11.4. The van der Waals surface area contributed by atoms with E-state index in [1.807, 2.05) is 6.92 Å². The van der Waals surface area contributed by atoms with Crippen LogP contribution >= 0.6 is 0 Å². The minimum absolute atomic E-state index is 0.188.